The highest BCUT2D eigenvalue weighted by Gasteiger charge is 2.04. The topological polar surface area (TPSA) is 71.1 Å². The summed E-state index contributed by atoms with van der Waals surface area (Å²) in [5, 5.41) is 15.9. The minimum atomic E-state index is 0.603. The van der Waals surface area contributed by atoms with Crippen molar-refractivity contribution in [2.24, 2.45) is 0 Å². The number of aromatic nitrogens is 1. The number of nitrogens with one attached hydrogen (secondary N) is 1. The van der Waals surface area contributed by atoms with E-state index < -0.39 is 0 Å². The summed E-state index contributed by atoms with van der Waals surface area (Å²) < 4.78 is 9.99. The SMILES string of the molecule is COc1ccc(C#N)cc1CNCc1ccon1. The Morgan fingerprint density at radius 2 is 2.28 bits per heavy atom. The lowest BCUT2D eigenvalue weighted by Gasteiger charge is -2.09. The molecule has 1 heterocycles. The predicted molar refractivity (Wildman–Crippen MR) is 64.8 cm³/mol. The highest BCUT2D eigenvalue weighted by molar-refractivity contribution is 5.41. The highest BCUT2D eigenvalue weighted by atomic mass is 16.5. The van der Waals surface area contributed by atoms with Crippen molar-refractivity contribution in [2.75, 3.05) is 7.11 Å². The summed E-state index contributed by atoms with van der Waals surface area (Å²) in [5.41, 5.74) is 2.40. The molecule has 1 aromatic carbocycles. The molecule has 0 spiro atoms. The number of nitriles is 1. The zero-order valence-electron chi connectivity index (χ0n) is 10.0. The van der Waals surface area contributed by atoms with Crippen molar-refractivity contribution in [3.63, 3.8) is 0 Å². The standard InChI is InChI=1S/C13H13N3O2/c1-17-13-3-2-10(7-14)6-11(13)8-15-9-12-4-5-18-16-12/h2-6,15H,8-9H2,1H3. The zero-order chi connectivity index (χ0) is 12.8. The van der Waals surface area contributed by atoms with Gasteiger partial charge in [-0.2, -0.15) is 5.26 Å². The monoisotopic (exact) mass is 243 g/mol. The molecule has 0 saturated carbocycles. The van der Waals surface area contributed by atoms with E-state index in [2.05, 4.69) is 16.5 Å². The maximum Gasteiger partial charge on any atom is 0.124 e. The van der Waals surface area contributed by atoms with Crippen LogP contribution in [0.25, 0.3) is 0 Å². The summed E-state index contributed by atoms with van der Waals surface area (Å²) in [4.78, 5) is 0. The molecule has 0 radical (unpaired) electrons. The van der Waals surface area contributed by atoms with E-state index in [9.17, 15) is 0 Å². The molecule has 0 unspecified atom stereocenters. The van der Waals surface area contributed by atoms with Crippen molar-refractivity contribution >= 4 is 0 Å². The number of hydrogen-bond acceptors (Lipinski definition) is 5. The summed E-state index contributed by atoms with van der Waals surface area (Å²) in [5.74, 6) is 0.765. The molecule has 0 fully saturated rings. The van der Waals surface area contributed by atoms with Gasteiger partial charge in [-0.3, -0.25) is 0 Å². The van der Waals surface area contributed by atoms with Crippen LogP contribution >= 0.6 is 0 Å². The van der Waals surface area contributed by atoms with Gasteiger partial charge in [-0.15, -0.1) is 0 Å². The van der Waals surface area contributed by atoms with Crippen molar-refractivity contribution in [3.05, 3.63) is 47.3 Å². The van der Waals surface area contributed by atoms with Crippen LogP contribution in [0.5, 0.6) is 5.75 Å². The van der Waals surface area contributed by atoms with E-state index in [4.69, 9.17) is 14.5 Å². The Labute approximate surface area is 105 Å². The van der Waals surface area contributed by atoms with Crippen LogP contribution in [-0.2, 0) is 13.1 Å². The molecule has 92 valence electrons. The Kier molecular flexibility index (Phi) is 3.94. The average molecular weight is 243 g/mol. The van der Waals surface area contributed by atoms with Gasteiger partial charge in [0.15, 0.2) is 0 Å². The molecule has 0 aliphatic heterocycles. The maximum absolute atomic E-state index is 8.87. The average Bonchev–Trinajstić information content (AvgIpc) is 2.92. The smallest absolute Gasteiger partial charge is 0.124 e. The molecule has 0 bridgehead atoms. The minimum Gasteiger partial charge on any atom is -0.496 e. The fourth-order valence-electron chi connectivity index (χ4n) is 1.64. The molecule has 5 heteroatoms. The second-order valence-corrected chi connectivity index (χ2v) is 3.73. The number of hydrogen-bond donors (Lipinski definition) is 1. The van der Waals surface area contributed by atoms with Gasteiger partial charge in [0.05, 0.1) is 24.4 Å². The molecular formula is C13H13N3O2. The van der Waals surface area contributed by atoms with E-state index in [-0.39, 0.29) is 0 Å². The quantitative estimate of drug-likeness (QED) is 0.867. The Hall–Kier alpha value is -2.32. The first-order chi connectivity index (χ1) is 8.83. The summed E-state index contributed by atoms with van der Waals surface area (Å²) in [6, 6.07) is 9.26. The number of rotatable bonds is 5. The van der Waals surface area contributed by atoms with Crippen LogP contribution in [-0.4, -0.2) is 12.3 Å². The van der Waals surface area contributed by atoms with Gasteiger partial charge in [-0.25, -0.2) is 0 Å². The molecule has 0 amide bonds. The van der Waals surface area contributed by atoms with Gasteiger partial charge in [-0.1, -0.05) is 5.16 Å². The summed E-state index contributed by atoms with van der Waals surface area (Å²) >= 11 is 0. The van der Waals surface area contributed by atoms with E-state index in [1.807, 2.05) is 6.07 Å². The van der Waals surface area contributed by atoms with Gasteiger partial charge in [0.1, 0.15) is 12.0 Å². The molecular weight excluding hydrogens is 230 g/mol. The van der Waals surface area contributed by atoms with Crippen LogP contribution < -0.4 is 10.1 Å². The number of methoxy groups -OCH3 is 1. The van der Waals surface area contributed by atoms with Crippen LogP contribution in [0.1, 0.15) is 16.8 Å². The van der Waals surface area contributed by atoms with E-state index in [0.717, 1.165) is 17.0 Å². The van der Waals surface area contributed by atoms with Crippen LogP contribution in [0.15, 0.2) is 35.1 Å². The normalized spacial score (nSPS) is 10.0. The molecule has 18 heavy (non-hydrogen) atoms. The van der Waals surface area contributed by atoms with E-state index in [1.54, 1.807) is 25.3 Å². The van der Waals surface area contributed by atoms with Crippen molar-refractivity contribution in [2.45, 2.75) is 13.1 Å². The molecule has 2 rings (SSSR count). The number of benzene rings is 1. The first kappa shape index (κ1) is 12.1. The van der Waals surface area contributed by atoms with E-state index in [1.165, 1.54) is 6.26 Å². The summed E-state index contributed by atoms with van der Waals surface area (Å²) in [6.45, 7) is 1.21. The Morgan fingerprint density at radius 1 is 1.39 bits per heavy atom. The predicted octanol–water partition coefficient (Wildman–Crippen LogP) is 1.84. The van der Waals surface area contributed by atoms with Crippen LogP contribution in [0.2, 0.25) is 0 Å². The van der Waals surface area contributed by atoms with Crippen molar-refractivity contribution in [1.29, 1.82) is 5.26 Å². The molecule has 0 saturated heterocycles. The number of nitrogens with zero attached hydrogens (tertiary/aromatic N) is 2. The van der Waals surface area contributed by atoms with Gasteiger partial charge < -0.3 is 14.6 Å². The zero-order valence-corrected chi connectivity index (χ0v) is 10.0. The van der Waals surface area contributed by atoms with Gasteiger partial charge in [0.2, 0.25) is 0 Å². The molecule has 1 N–H and O–H groups in total. The molecule has 1 aromatic heterocycles. The third-order valence-corrected chi connectivity index (χ3v) is 2.52. The van der Waals surface area contributed by atoms with Crippen molar-refractivity contribution in [3.8, 4) is 11.8 Å². The van der Waals surface area contributed by atoms with E-state index in [0.29, 0.717) is 18.7 Å². The largest absolute Gasteiger partial charge is 0.496 e. The fourth-order valence-corrected chi connectivity index (χ4v) is 1.64. The fraction of sp³-hybridized carbons (Fsp3) is 0.231. The maximum atomic E-state index is 8.87. The lowest BCUT2D eigenvalue weighted by Crippen LogP contribution is -2.13. The Morgan fingerprint density at radius 3 is 2.94 bits per heavy atom. The Bertz CT molecular complexity index is 544. The summed E-state index contributed by atoms with van der Waals surface area (Å²) in [7, 11) is 1.61. The Balaban J connectivity index is 2.01. The van der Waals surface area contributed by atoms with Crippen LogP contribution in [0.4, 0.5) is 0 Å². The molecule has 2 aromatic rings. The van der Waals surface area contributed by atoms with Gasteiger partial charge in [0.25, 0.3) is 0 Å². The molecule has 0 aliphatic rings. The third-order valence-electron chi connectivity index (χ3n) is 2.52. The first-order valence-electron chi connectivity index (χ1n) is 5.50. The minimum absolute atomic E-state index is 0.603. The highest BCUT2D eigenvalue weighted by Crippen LogP contribution is 2.19. The molecule has 0 aliphatic carbocycles. The van der Waals surface area contributed by atoms with E-state index >= 15 is 0 Å². The lowest BCUT2D eigenvalue weighted by molar-refractivity contribution is 0.403. The van der Waals surface area contributed by atoms with Crippen LogP contribution in [0.3, 0.4) is 0 Å². The van der Waals surface area contributed by atoms with Gasteiger partial charge in [-0.05, 0) is 18.2 Å². The second kappa shape index (κ2) is 5.84. The van der Waals surface area contributed by atoms with Gasteiger partial charge in [0, 0.05) is 24.7 Å². The molecule has 5 nitrogen and oxygen atoms in total. The lowest BCUT2D eigenvalue weighted by atomic mass is 10.1. The summed E-state index contributed by atoms with van der Waals surface area (Å²) in [6.07, 6.45) is 1.54. The second-order valence-electron chi connectivity index (χ2n) is 3.73. The van der Waals surface area contributed by atoms with Crippen molar-refractivity contribution in [1.82, 2.24) is 10.5 Å². The molecule has 0 atom stereocenters. The van der Waals surface area contributed by atoms with Crippen molar-refractivity contribution < 1.29 is 9.26 Å². The first-order valence-corrected chi connectivity index (χ1v) is 5.50. The third kappa shape index (κ3) is 2.87. The number of ether oxygens (including phenoxy) is 1. The van der Waals surface area contributed by atoms with Gasteiger partial charge >= 0.3 is 0 Å². The van der Waals surface area contributed by atoms with Crippen LogP contribution in [0, 0.1) is 11.3 Å².